The van der Waals surface area contributed by atoms with Gasteiger partial charge in [-0.3, -0.25) is 0 Å². The minimum absolute atomic E-state index is 0.300. The number of hydrogen-bond acceptors (Lipinski definition) is 6. The van der Waals surface area contributed by atoms with Gasteiger partial charge in [-0.25, -0.2) is 4.79 Å². The molecule has 0 aliphatic carbocycles. The number of esters is 1. The maximum absolute atomic E-state index is 12.1. The van der Waals surface area contributed by atoms with Gasteiger partial charge in [0.05, 0.1) is 18.8 Å². The maximum Gasteiger partial charge on any atom is 0.343 e. The van der Waals surface area contributed by atoms with Crippen LogP contribution in [-0.4, -0.2) is 31.8 Å². The van der Waals surface area contributed by atoms with E-state index in [-0.39, 0.29) is 0 Å². The van der Waals surface area contributed by atoms with Crippen molar-refractivity contribution in [1.29, 1.82) is 0 Å². The Morgan fingerprint density at radius 1 is 0.720 bits per heavy atom. The van der Waals surface area contributed by atoms with E-state index < -0.39 is 5.97 Å². The van der Waals surface area contributed by atoms with Crippen LogP contribution in [0.1, 0.15) is 23.2 Å². The van der Waals surface area contributed by atoms with Gasteiger partial charge in [0.2, 0.25) is 0 Å². The fourth-order valence-electron chi connectivity index (χ4n) is 1.91. The third-order valence-corrected chi connectivity index (χ3v) is 3.13. The van der Waals surface area contributed by atoms with Gasteiger partial charge in [-0.05, 0) is 48.5 Å². The topological polar surface area (TPSA) is 78.9 Å². The summed E-state index contributed by atoms with van der Waals surface area (Å²) in [4.78, 5) is 32.6. The van der Waals surface area contributed by atoms with Gasteiger partial charge in [0.1, 0.15) is 29.8 Å². The van der Waals surface area contributed by atoms with Gasteiger partial charge in [0.25, 0.3) is 0 Å². The van der Waals surface area contributed by atoms with Crippen molar-refractivity contribution in [3.63, 3.8) is 0 Å². The van der Waals surface area contributed by atoms with Crippen LogP contribution in [0, 0.1) is 0 Å². The van der Waals surface area contributed by atoms with Crippen LogP contribution in [0.4, 0.5) is 0 Å². The first-order valence-electron chi connectivity index (χ1n) is 7.78. The number of carbonyl (C=O) groups is 3. The number of carbonyl (C=O) groups excluding carboxylic acids is 3. The molecule has 0 radical (unpaired) electrons. The average Bonchev–Trinajstić information content (AvgIpc) is 2.64. The Morgan fingerprint density at radius 3 is 1.64 bits per heavy atom. The van der Waals surface area contributed by atoms with E-state index in [0.29, 0.717) is 48.9 Å². The molecule has 2 rings (SSSR count). The number of benzene rings is 2. The summed E-state index contributed by atoms with van der Waals surface area (Å²) in [6, 6.07) is 13.0. The van der Waals surface area contributed by atoms with Crippen LogP contribution in [0.3, 0.4) is 0 Å². The lowest BCUT2D eigenvalue weighted by Crippen LogP contribution is -2.08. The average molecular weight is 342 g/mol. The summed E-state index contributed by atoms with van der Waals surface area (Å²) in [5, 5.41) is 0. The predicted octanol–water partition coefficient (Wildman–Crippen LogP) is 2.84. The normalized spacial score (nSPS) is 9.92. The lowest BCUT2D eigenvalue weighted by Gasteiger charge is -2.08. The van der Waals surface area contributed by atoms with E-state index in [9.17, 15) is 14.4 Å². The zero-order valence-electron chi connectivity index (χ0n) is 13.6. The van der Waals surface area contributed by atoms with Crippen molar-refractivity contribution in [1.82, 2.24) is 0 Å². The minimum Gasteiger partial charge on any atom is -0.493 e. The maximum atomic E-state index is 12.1. The molecule has 130 valence electrons. The van der Waals surface area contributed by atoms with Crippen molar-refractivity contribution in [3.05, 3.63) is 54.1 Å². The second-order valence-corrected chi connectivity index (χ2v) is 4.99. The highest BCUT2D eigenvalue weighted by Crippen LogP contribution is 2.19. The van der Waals surface area contributed by atoms with E-state index in [4.69, 9.17) is 14.2 Å². The predicted molar refractivity (Wildman–Crippen MR) is 90.2 cm³/mol. The molecular weight excluding hydrogens is 324 g/mol. The SMILES string of the molecule is O=CCCOc1ccc(OC(=O)c2ccc(OCCC=O)cc2)cc1. The number of ether oxygens (including phenoxy) is 3. The van der Waals surface area contributed by atoms with Crippen molar-refractivity contribution in [2.24, 2.45) is 0 Å². The summed E-state index contributed by atoms with van der Waals surface area (Å²) in [5.41, 5.74) is 0.383. The van der Waals surface area contributed by atoms with E-state index in [0.717, 1.165) is 12.6 Å². The van der Waals surface area contributed by atoms with Crippen LogP contribution in [0.5, 0.6) is 17.2 Å². The van der Waals surface area contributed by atoms with Crippen molar-refractivity contribution < 1.29 is 28.6 Å². The molecule has 0 spiro atoms. The van der Waals surface area contributed by atoms with Crippen LogP contribution in [-0.2, 0) is 9.59 Å². The molecule has 25 heavy (non-hydrogen) atoms. The van der Waals surface area contributed by atoms with Gasteiger partial charge < -0.3 is 23.8 Å². The van der Waals surface area contributed by atoms with Crippen molar-refractivity contribution in [3.8, 4) is 17.2 Å². The summed E-state index contributed by atoms with van der Waals surface area (Å²) in [6.45, 7) is 0.610. The first-order valence-corrected chi connectivity index (χ1v) is 7.78. The molecule has 0 aliphatic heterocycles. The molecule has 6 nitrogen and oxygen atoms in total. The molecule has 2 aromatic carbocycles. The van der Waals surface area contributed by atoms with E-state index >= 15 is 0 Å². The Kier molecular flexibility index (Phi) is 7.18. The summed E-state index contributed by atoms with van der Waals surface area (Å²) < 4.78 is 16.0. The van der Waals surface area contributed by atoms with Crippen molar-refractivity contribution >= 4 is 18.5 Å². The number of hydrogen-bond donors (Lipinski definition) is 0. The van der Waals surface area contributed by atoms with E-state index in [1.807, 2.05) is 0 Å². The Bertz CT molecular complexity index is 691. The van der Waals surface area contributed by atoms with E-state index in [2.05, 4.69) is 0 Å². The fourth-order valence-corrected chi connectivity index (χ4v) is 1.91. The van der Waals surface area contributed by atoms with E-state index in [1.54, 1.807) is 48.5 Å². The van der Waals surface area contributed by atoms with Gasteiger partial charge in [0, 0.05) is 12.8 Å². The standard InChI is InChI=1S/C19H18O6/c20-11-1-13-23-16-5-3-15(4-6-16)19(22)25-18-9-7-17(8-10-18)24-14-2-12-21/h3-12H,1-2,13-14H2. The molecule has 0 aromatic heterocycles. The second-order valence-electron chi connectivity index (χ2n) is 4.99. The van der Waals surface area contributed by atoms with Gasteiger partial charge >= 0.3 is 5.97 Å². The van der Waals surface area contributed by atoms with Crippen LogP contribution < -0.4 is 14.2 Å². The zero-order chi connectivity index (χ0) is 17.9. The first kappa shape index (κ1) is 18.2. The van der Waals surface area contributed by atoms with Gasteiger partial charge in [-0.2, -0.15) is 0 Å². The lowest BCUT2D eigenvalue weighted by atomic mass is 10.2. The molecule has 0 amide bonds. The highest BCUT2D eigenvalue weighted by molar-refractivity contribution is 5.91. The summed E-state index contributed by atoms with van der Waals surface area (Å²) in [7, 11) is 0. The van der Waals surface area contributed by atoms with Crippen molar-refractivity contribution in [2.45, 2.75) is 12.8 Å². The molecular formula is C19H18O6. The largest absolute Gasteiger partial charge is 0.493 e. The highest BCUT2D eigenvalue weighted by Gasteiger charge is 2.09. The molecule has 0 fully saturated rings. The molecule has 0 heterocycles. The van der Waals surface area contributed by atoms with Crippen LogP contribution in [0.25, 0.3) is 0 Å². The summed E-state index contributed by atoms with van der Waals surface area (Å²) in [5.74, 6) is 1.07. The van der Waals surface area contributed by atoms with Crippen LogP contribution in [0.15, 0.2) is 48.5 Å². The van der Waals surface area contributed by atoms with Crippen LogP contribution >= 0.6 is 0 Å². The van der Waals surface area contributed by atoms with Gasteiger partial charge in [0.15, 0.2) is 0 Å². The first-order chi connectivity index (χ1) is 12.2. The monoisotopic (exact) mass is 342 g/mol. The molecule has 0 aliphatic rings. The Morgan fingerprint density at radius 2 is 1.16 bits per heavy atom. The second kappa shape index (κ2) is 9.87. The Labute approximate surface area is 145 Å². The molecule has 0 bridgehead atoms. The Balaban J connectivity index is 1.88. The lowest BCUT2D eigenvalue weighted by molar-refractivity contribution is -0.109. The molecule has 0 N–H and O–H groups in total. The van der Waals surface area contributed by atoms with E-state index in [1.165, 1.54) is 0 Å². The van der Waals surface area contributed by atoms with Gasteiger partial charge in [-0.15, -0.1) is 0 Å². The molecule has 2 aromatic rings. The molecule has 0 saturated heterocycles. The molecule has 0 atom stereocenters. The summed E-state index contributed by atoms with van der Waals surface area (Å²) >= 11 is 0. The zero-order valence-corrected chi connectivity index (χ0v) is 13.6. The molecule has 0 unspecified atom stereocenters. The minimum atomic E-state index is -0.492. The number of aldehydes is 2. The highest BCUT2D eigenvalue weighted by atomic mass is 16.5. The number of rotatable bonds is 10. The molecule has 6 heteroatoms. The molecule has 0 saturated carbocycles. The van der Waals surface area contributed by atoms with Gasteiger partial charge in [-0.1, -0.05) is 0 Å². The van der Waals surface area contributed by atoms with Crippen molar-refractivity contribution in [2.75, 3.05) is 13.2 Å². The third-order valence-electron chi connectivity index (χ3n) is 3.13. The smallest absolute Gasteiger partial charge is 0.343 e. The summed E-state index contributed by atoms with van der Waals surface area (Å²) in [6.07, 6.45) is 2.21. The fraction of sp³-hybridized carbons (Fsp3) is 0.211. The Hall–Kier alpha value is -3.15. The van der Waals surface area contributed by atoms with Crippen LogP contribution in [0.2, 0.25) is 0 Å². The third kappa shape index (κ3) is 6.10. The quantitative estimate of drug-likeness (QED) is 0.286.